The largest absolute Gasteiger partial charge is 0.351 e. The Kier molecular flexibility index (Phi) is 2.42. The van der Waals surface area contributed by atoms with Gasteiger partial charge in [-0.2, -0.15) is 0 Å². The number of aliphatic hydroxyl groups is 1. The van der Waals surface area contributed by atoms with Crippen LogP contribution < -0.4 is 21.3 Å². The minimum absolute atomic E-state index is 0.481. The van der Waals surface area contributed by atoms with Crippen LogP contribution in [-0.2, 0) is 0 Å². The smallest absolute Gasteiger partial charge is 0.320 e. The summed E-state index contributed by atoms with van der Waals surface area (Å²) in [4.78, 5) is 22.5. The number of amides is 4. The molecule has 0 aliphatic carbocycles. The van der Waals surface area contributed by atoms with E-state index in [-0.39, 0.29) is 0 Å². The Morgan fingerprint density at radius 3 is 2.12 bits per heavy atom. The third kappa shape index (κ3) is 1.47. The summed E-state index contributed by atoms with van der Waals surface area (Å²) >= 11 is 0. The van der Waals surface area contributed by atoms with Crippen LogP contribution in [0.15, 0.2) is 0 Å². The lowest BCUT2D eigenvalue weighted by Crippen LogP contribution is -2.65. The van der Waals surface area contributed by atoms with Crippen molar-refractivity contribution in [1.29, 1.82) is 0 Å². The number of fused-ring (bicyclic) bond motifs is 1. The summed E-state index contributed by atoms with van der Waals surface area (Å²) in [5.74, 6) is -1.73. The molecule has 2 aliphatic rings. The zero-order chi connectivity index (χ0) is 11.8. The summed E-state index contributed by atoms with van der Waals surface area (Å²) in [7, 11) is 0. The van der Waals surface area contributed by atoms with Crippen molar-refractivity contribution in [2.45, 2.75) is 44.1 Å². The topological polar surface area (TPSA) is 102 Å². The first kappa shape index (κ1) is 11.0. The van der Waals surface area contributed by atoms with Crippen molar-refractivity contribution < 1.29 is 14.7 Å². The quantitative estimate of drug-likeness (QED) is 0.420. The van der Waals surface area contributed by atoms with Gasteiger partial charge in [-0.15, -0.1) is 0 Å². The number of carbonyl (C=O) groups is 2. The Labute approximate surface area is 93.0 Å². The summed E-state index contributed by atoms with van der Waals surface area (Å²) in [6.07, 6.45) is 3.29. The van der Waals surface area contributed by atoms with E-state index in [1.54, 1.807) is 0 Å². The van der Waals surface area contributed by atoms with Crippen molar-refractivity contribution in [3.8, 4) is 0 Å². The molecule has 90 valence electrons. The molecule has 7 nitrogen and oxygen atoms in total. The van der Waals surface area contributed by atoms with Crippen molar-refractivity contribution >= 4 is 12.1 Å². The lowest BCUT2D eigenvalue weighted by molar-refractivity contribution is -0.0460. The monoisotopic (exact) mass is 228 g/mol. The maximum atomic E-state index is 11.2. The van der Waals surface area contributed by atoms with Gasteiger partial charge in [-0.3, -0.25) is 10.6 Å². The van der Waals surface area contributed by atoms with Crippen molar-refractivity contribution in [3.05, 3.63) is 0 Å². The number of unbranched alkanes of at least 4 members (excludes halogenated alkanes) is 2. The average molecular weight is 228 g/mol. The number of urea groups is 2. The van der Waals surface area contributed by atoms with E-state index in [9.17, 15) is 14.7 Å². The molecule has 2 aliphatic heterocycles. The Balaban J connectivity index is 2.14. The highest BCUT2D eigenvalue weighted by molar-refractivity contribution is 5.87. The molecule has 0 spiro atoms. The summed E-state index contributed by atoms with van der Waals surface area (Å²) in [5.41, 5.74) is -1.13. The van der Waals surface area contributed by atoms with Crippen LogP contribution in [0.1, 0.15) is 32.6 Å². The van der Waals surface area contributed by atoms with Crippen LogP contribution in [0.2, 0.25) is 0 Å². The van der Waals surface area contributed by atoms with Crippen molar-refractivity contribution in [1.82, 2.24) is 21.3 Å². The summed E-state index contributed by atoms with van der Waals surface area (Å²) in [6, 6.07) is -0.988. The fourth-order valence-corrected chi connectivity index (χ4v) is 2.18. The fourth-order valence-electron chi connectivity index (χ4n) is 2.18. The lowest BCUT2D eigenvalue weighted by atomic mass is 9.98. The van der Waals surface area contributed by atoms with E-state index in [0.29, 0.717) is 6.42 Å². The molecule has 4 amide bonds. The van der Waals surface area contributed by atoms with E-state index in [4.69, 9.17) is 0 Å². The molecule has 0 unspecified atom stereocenters. The first-order valence-electron chi connectivity index (χ1n) is 5.44. The summed E-state index contributed by atoms with van der Waals surface area (Å²) < 4.78 is 0. The Hall–Kier alpha value is -1.50. The minimum Gasteiger partial charge on any atom is -0.351 e. The zero-order valence-electron chi connectivity index (χ0n) is 9.09. The van der Waals surface area contributed by atoms with Gasteiger partial charge in [-0.25, -0.2) is 9.59 Å². The van der Waals surface area contributed by atoms with E-state index in [1.807, 2.05) is 0 Å². The predicted molar refractivity (Wildman–Crippen MR) is 55.2 cm³/mol. The van der Waals surface area contributed by atoms with E-state index < -0.39 is 23.6 Å². The van der Waals surface area contributed by atoms with Gasteiger partial charge in [0, 0.05) is 0 Å². The Morgan fingerprint density at radius 2 is 1.62 bits per heavy atom. The highest BCUT2D eigenvalue weighted by Gasteiger charge is 2.63. The average Bonchev–Trinajstić information content (AvgIpc) is 2.49. The number of hydrogen-bond donors (Lipinski definition) is 5. The number of hydrogen-bond acceptors (Lipinski definition) is 3. The molecule has 16 heavy (non-hydrogen) atoms. The molecule has 0 radical (unpaired) electrons. The molecule has 2 saturated heterocycles. The van der Waals surface area contributed by atoms with Crippen LogP contribution in [-0.4, -0.2) is 28.7 Å². The third-order valence-electron chi connectivity index (χ3n) is 3.02. The summed E-state index contributed by atoms with van der Waals surface area (Å²) in [6.45, 7) is 2.06. The third-order valence-corrected chi connectivity index (χ3v) is 3.02. The van der Waals surface area contributed by atoms with Gasteiger partial charge in [0.25, 0.3) is 5.85 Å². The molecule has 0 aromatic rings. The van der Waals surface area contributed by atoms with Gasteiger partial charge in [-0.05, 0) is 12.8 Å². The van der Waals surface area contributed by atoms with E-state index in [2.05, 4.69) is 28.2 Å². The molecule has 2 fully saturated rings. The SMILES string of the molecule is CCCCC[C@]12NC(=O)N[C@@]1(O)NC(=O)N2. The maximum absolute atomic E-state index is 11.2. The second-order valence-corrected chi connectivity index (χ2v) is 4.23. The first-order valence-corrected chi connectivity index (χ1v) is 5.44. The molecule has 0 aromatic carbocycles. The van der Waals surface area contributed by atoms with Crippen molar-refractivity contribution in [2.75, 3.05) is 0 Å². The lowest BCUT2D eigenvalue weighted by Gasteiger charge is -2.32. The molecule has 5 N–H and O–H groups in total. The zero-order valence-corrected chi connectivity index (χ0v) is 9.09. The maximum Gasteiger partial charge on any atom is 0.320 e. The molecular weight excluding hydrogens is 212 g/mol. The molecule has 0 bridgehead atoms. The standard InChI is InChI=1S/C9H16N4O3/c1-2-3-4-5-8-9(16,12-6(14)10-8)13-7(15)11-8/h16H,2-5H2,1H3,(H2,10,12,14)(H2,11,13,15)/t8-,9-. The highest BCUT2D eigenvalue weighted by atomic mass is 16.4. The number of nitrogens with one attached hydrogen (secondary N) is 4. The van der Waals surface area contributed by atoms with Crippen molar-refractivity contribution in [3.63, 3.8) is 0 Å². The van der Waals surface area contributed by atoms with Crippen LogP contribution in [0.3, 0.4) is 0 Å². The molecule has 0 atom stereocenters. The molecule has 0 saturated carbocycles. The predicted octanol–water partition coefficient (Wildman–Crippen LogP) is -0.465. The molecular formula is C9H16N4O3. The van der Waals surface area contributed by atoms with Gasteiger partial charge in [0.15, 0.2) is 5.66 Å². The minimum atomic E-state index is -1.73. The van der Waals surface area contributed by atoms with Crippen LogP contribution in [0.5, 0.6) is 0 Å². The number of carbonyl (C=O) groups excluding carboxylic acids is 2. The molecule has 2 rings (SSSR count). The van der Waals surface area contributed by atoms with Crippen molar-refractivity contribution in [2.24, 2.45) is 0 Å². The second-order valence-electron chi connectivity index (χ2n) is 4.23. The number of rotatable bonds is 4. The van der Waals surface area contributed by atoms with Gasteiger partial charge in [0.05, 0.1) is 0 Å². The van der Waals surface area contributed by atoms with E-state index >= 15 is 0 Å². The van der Waals surface area contributed by atoms with E-state index in [1.165, 1.54) is 0 Å². The summed E-state index contributed by atoms with van der Waals surface area (Å²) in [5, 5.41) is 19.9. The van der Waals surface area contributed by atoms with Gasteiger partial charge >= 0.3 is 12.1 Å². The fraction of sp³-hybridized carbons (Fsp3) is 0.778. The van der Waals surface area contributed by atoms with Crippen LogP contribution in [0.25, 0.3) is 0 Å². The van der Waals surface area contributed by atoms with E-state index in [0.717, 1.165) is 19.3 Å². The van der Waals surface area contributed by atoms with Gasteiger partial charge in [0.2, 0.25) is 0 Å². The molecule has 7 heteroatoms. The molecule has 0 aromatic heterocycles. The van der Waals surface area contributed by atoms with Crippen LogP contribution in [0, 0.1) is 0 Å². The molecule has 2 heterocycles. The first-order chi connectivity index (χ1) is 7.51. The van der Waals surface area contributed by atoms with Gasteiger partial charge < -0.3 is 15.7 Å². The normalized spacial score (nSPS) is 36.1. The van der Waals surface area contributed by atoms with Gasteiger partial charge in [-0.1, -0.05) is 19.8 Å². The Bertz CT molecular complexity index is 311. The van der Waals surface area contributed by atoms with Crippen LogP contribution in [0.4, 0.5) is 9.59 Å². The Morgan fingerprint density at radius 1 is 1.06 bits per heavy atom. The van der Waals surface area contributed by atoms with Gasteiger partial charge in [0.1, 0.15) is 0 Å². The van der Waals surface area contributed by atoms with Crippen LogP contribution >= 0.6 is 0 Å². The second kappa shape index (κ2) is 3.51. The highest BCUT2D eigenvalue weighted by Crippen LogP contribution is 2.29.